The van der Waals surface area contributed by atoms with Crippen LogP contribution < -0.4 is 5.32 Å². The Labute approximate surface area is 108 Å². The van der Waals surface area contributed by atoms with Crippen LogP contribution in [0.1, 0.15) is 21.5 Å². The Balaban J connectivity index is 2.19. The first kappa shape index (κ1) is 13.1. The van der Waals surface area contributed by atoms with Crippen LogP contribution in [0, 0.1) is 13.8 Å². The number of rotatable bonds is 2. The average molecular weight is 248 g/mol. The van der Waals surface area contributed by atoms with Crippen LogP contribution in [0.3, 0.4) is 0 Å². The Morgan fingerprint density at radius 1 is 1.28 bits per heavy atom. The number of β-amino-alcohol motifs (C(OH)–C–C–N with tert-alkyl or cyclic N) is 1. The molecule has 0 aromatic heterocycles. The molecule has 1 aromatic carbocycles. The van der Waals surface area contributed by atoms with Crippen LogP contribution in [-0.4, -0.2) is 48.2 Å². The van der Waals surface area contributed by atoms with Crippen LogP contribution in [0.5, 0.6) is 0 Å². The summed E-state index contributed by atoms with van der Waals surface area (Å²) in [6, 6.07) is 5.68. The minimum atomic E-state index is -0.482. The number of aliphatic hydroxyl groups excluding tert-OH is 1. The van der Waals surface area contributed by atoms with Gasteiger partial charge >= 0.3 is 0 Å². The van der Waals surface area contributed by atoms with Crippen molar-refractivity contribution in [2.24, 2.45) is 0 Å². The summed E-state index contributed by atoms with van der Waals surface area (Å²) in [7, 11) is 1.75. The standard InChI is InChI=1S/C14H20N2O2/c1-9-4-10(2)6-11(5-9)14(18)16(3)12-7-15-8-13(12)17/h4-6,12-13,15,17H,7-8H2,1-3H3/t12-,13-/m1/s1. The van der Waals surface area contributed by atoms with E-state index < -0.39 is 6.10 Å². The second-order valence-electron chi connectivity index (χ2n) is 5.09. The van der Waals surface area contributed by atoms with E-state index in [0.29, 0.717) is 18.7 Å². The van der Waals surface area contributed by atoms with Gasteiger partial charge in [0.15, 0.2) is 0 Å². The van der Waals surface area contributed by atoms with Gasteiger partial charge in [0.25, 0.3) is 5.91 Å². The molecule has 1 aliphatic rings. The number of carbonyl (C=O) groups excluding carboxylic acids is 1. The maximum absolute atomic E-state index is 12.4. The number of likely N-dealkylation sites (N-methyl/N-ethyl adjacent to an activating group) is 1. The van der Waals surface area contributed by atoms with Crippen molar-refractivity contribution in [3.05, 3.63) is 34.9 Å². The molecule has 0 bridgehead atoms. The van der Waals surface area contributed by atoms with Crippen LogP contribution in [0.25, 0.3) is 0 Å². The van der Waals surface area contributed by atoms with Gasteiger partial charge in [0.2, 0.25) is 0 Å². The molecule has 1 aliphatic heterocycles. The summed E-state index contributed by atoms with van der Waals surface area (Å²) in [6.45, 7) is 5.16. The van der Waals surface area contributed by atoms with Crippen molar-refractivity contribution in [2.45, 2.75) is 26.0 Å². The number of aryl methyl sites for hydroxylation is 2. The largest absolute Gasteiger partial charge is 0.390 e. The van der Waals surface area contributed by atoms with Crippen LogP contribution in [0.2, 0.25) is 0 Å². The molecule has 0 spiro atoms. The molecule has 1 saturated heterocycles. The number of amides is 1. The molecule has 1 aromatic rings. The first-order valence-corrected chi connectivity index (χ1v) is 6.23. The fraction of sp³-hybridized carbons (Fsp3) is 0.500. The zero-order chi connectivity index (χ0) is 13.3. The zero-order valence-corrected chi connectivity index (χ0v) is 11.1. The first-order chi connectivity index (χ1) is 8.49. The lowest BCUT2D eigenvalue weighted by atomic mass is 10.1. The normalized spacial score (nSPS) is 23.1. The number of hydrogen-bond acceptors (Lipinski definition) is 3. The molecule has 4 nitrogen and oxygen atoms in total. The summed E-state index contributed by atoms with van der Waals surface area (Å²) in [5.74, 6) is -0.0328. The van der Waals surface area contributed by atoms with Crippen molar-refractivity contribution in [1.29, 1.82) is 0 Å². The molecule has 4 heteroatoms. The Hall–Kier alpha value is -1.39. The molecule has 2 rings (SSSR count). The van der Waals surface area contributed by atoms with Crippen molar-refractivity contribution in [3.8, 4) is 0 Å². The van der Waals surface area contributed by atoms with E-state index in [-0.39, 0.29) is 11.9 Å². The molecular formula is C14H20N2O2. The van der Waals surface area contributed by atoms with Gasteiger partial charge in [-0.15, -0.1) is 0 Å². The molecule has 0 aliphatic carbocycles. The van der Waals surface area contributed by atoms with Crippen molar-refractivity contribution >= 4 is 5.91 Å². The second-order valence-corrected chi connectivity index (χ2v) is 5.09. The minimum absolute atomic E-state index is 0.0328. The molecule has 0 saturated carbocycles. The van der Waals surface area contributed by atoms with Gasteiger partial charge in [-0.25, -0.2) is 0 Å². The lowest BCUT2D eigenvalue weighted by Crippen LogP contribution is -2.44. The average Bonchev–Trinajstić information content (AvgIpc) is 2.72. The van der Waals surface area contributed by atoms with Crippen molar-refractivity contribution in [1.82, 2.24) is 10.2 Å². The van der Waals surface area contributed by atoms with Gasteiger partial charge in [-0.2, -0.15) is 0 Å². The summed E-state index contributed by atoms with van der Waals surface area (Å²) >= 11 is 0. The van der Waals surface area contributed by atoms with E-state index in [9.17, 15) is 9.90 Å². The third-order valence-electron chi connectivity index (χ3n) is 3.44. The molecule has 18 heavy (non-hydrogen) atoms. The van der Waals surface area contributed by atoms with Crippen LogP contribution >= 0.6 is 0 Å². The molecule has 1 amide bonds. The van der Waals surface area contributed by atoms with E-state index in [2.05, 4.69) is 5.32 Å². The van der Waals surface area contributed by atoms with Gasteiger partial charge in [0.05, 0.1) is 12.1 Å². The molecule has 2 atom stereocenters. The maximum atomic E-state index is 12.4. The summed E-state index contributed by atoms with van der Waals surface area (Å²) < 4.78 is 0. The minimum Gasteiger partial charge on any atom is -0.390 e. The quantitative estimate of drug-likeness (QED) is 0.810. The van der Waals surface area contributed by atoms with Crippen molar-refractivity contribution < 1.29 is 9.90 Å². The molecule has 1 heterocycles. The van der Waals surface area contributed by atoms with Crippen LogP contribution in [0.4, 0.5) is 0 Å². The van der Waals surface area contributed by atoms with Gasteiger partial charge in [0.1, 0.15) is 0 Å². The predicted octanol–water partition coefficient (Wildman–Crippen LogP) is 0.708. The van der Waals surface area contributed by atoms with E-state index in [4.69, 9.17) is 0 Å². The number of carbonyl (C=O) groups is 1. The summed E-state index contributed by atoms with van der Waals surface area (Å²) in [5.41, 5.74) is 2.85. The number of nitrogens with one attached hydrogen (secondary N) is 1. The molecule has 1 fully saturated rings. The highest BCUT2D eigenvalue weighted by atomic mass is 16.3. The topological polar surface area (TPSA) is 52.6 Å². The third-order valence-corrected chi connectivity index (χ3v) is 3.44. The SMILES string of the molecule is Cc1cc(C)cc(C(=O)N(C)[C@@H]2CNC[C@H]2O)c1. The summed E-state index contributed by atoms with van der Waals surface area (Å²) in [5, 5.41) is 12.9. The van der Waals surface area contributed by atoms with E-state index in [1.54, 1.807) is 11.9 Å². The molecule has 0 unspecified atom stereocenters. The van der Waals surface area contributed by atoms with Crippen molar-refractivity contribution in [2.75, 3.05) is 20.1 Å². The molecule has 0 radical (unpaired) electrons. The molecule has 2 N–H and O–H groups in total. The monoisotopic (exact) mass is 248 g/mol. The highest BCUT2D eigenvalue weighted by Gasteiger charge is 2.31. The van der Waals surface area contributed by atoms with Crippen molar-refractivity contribution in [3.63, 3.8) is 0 Å². The van der Waals surface area contributed by atoms with E-state index in [1.165, 1.54) is 0 Å². The van der Waals surface area contributed by atoms with Gasteiger partial charge in [0, 0.05) is 25.7 Å². The van der Waals surface area contributed by atoms with Gasteiger partial charge in [-0.1, -0.05) is 17.2 Å². The summed E-state index contributed by atoms with van der Waals surface area (Å²) in [4.78, 5) is 14.0. The zero-order valence-electron chi connectivity index (χ0n) is 11.1. The number of hydrogen-bond donors (Lipinski definition) is 2. The van der Waals surface area contributed by atoms with Gasteiger partial charge < -0.3 is 15.3 Å². The Morgan fingerprint density at radius 2 is 1.89 bits per heavy atom. The Bertz CT molecular complexity index is 439. The second kappa shape index (κ2) is 5.08. The van der Waals surface area contributed by atoms with Crippen LogP contribution in [0.15, 0.2) is 18.2 Å². The molecular weight excluding hydrogens is 228 g/mol. The lowest BCUT2D eigenvalue weighted by Gasteiger charge is -2.26. The van der Waals surface area contributed by atoms with Gasteiger partial charge in [-0.3, -0.25) is 4.79 Å². The highest BCUT2D eigenvalue weighted by Crippen LogP contribution is 2.15. The predicted molar refractivity (Wildman–Crippen MR) is 70.7 cm³/mol. The van der Waals surface area contributed by atoms with Gasteiger partial charge in [-0.05, 0) is 26.0 Å². The fourth-order valence-corrected chi connectivity index (χ4v) is 2.50. The maximum Gasteiger partial charge on any atom is 0.253 e. The smallest absolute Gasteiger partial charge is 0.253 e. The fourth-order valence-electron chi connectivity index (χ4n) is 2.50. The number of nitrogens with zero attached hydrogens (tertiary/aromatic N) is 1. The first-order valence-electron chi connectivity index (χ1n) is 6.23. The Morgan fingerprint density at radius 3 is 2.39 bits per heavy atom. The highest BCUT2D eigenvalue weighted by molar-refractivity contribution is 5.94. The number of aliphatic hydroxyl groups is 1. The number of benzene rings is 1. The summed E-state index contributed by atoms with van der Waals surface area (Å²) in [6.07, 6.45) is -0.482. The molecule has 98 valence electrons. The lowest BCUT2D eigenvalue weighted by molar-refractivity contribution is 0.0581. The van der Waals surface area contributed by atoms with Crippen LogP contribution in [-0.2, 0) is 0 Å². The third kappa shape index (κ3) is 2.54. The van der Waals surface area contributed by atoms with E-state index >= 15 is 0 Å². The van der Waals surface area contributed by atoms with E-state index in [0.717, 1.165) is 11.1 Å². The van der Waals surface area contributed by atoms with E-state index in [1.807, 2.05) is 32.0 Å². The Kier molecular flexibility index (Phi) is 3.68.